The molecule has 1 fully saturated rings. The van der Waals surface area contributed by atoms with Crippen LogP contribution in [0.2, 0.25) is 5.02 Å². The zero-order chi connectivity index (χ0) is 11.5. The molecule has 0 aromatic heterocycles. The van der Waals surface area contributed by atoms with E-state index in [1.165, 1.54) is 0 Å². The molecule has 0 bridgehead atoms. The van der Waals surface area contributed by atoms with Crippen molar-refractivity contribution in [2.24, 2.45) is 0 Å². The summed E-state index contributed by atoms with van der Waals surface area (Å²) < 4.78 is 0. The Labute approximate surface area is 105 Å². The summed E-state index contributed by atoms with van der Waals surface area (Å²) in [5.41, 5.74) is 0.682. The SMILES string of the molecule is O=C(c1ccc(Cl)cc1)N(CCCl)C1CC1. The predicted molar refractivity (Wildman–Crippen MR) is 66.2 cm³/mol. The molecule has 0 aliphatic heterocycles. The quantitative estimate of drug-likeness (QED) is 0.759. The van der Waals surface area contributed by atoms with E-state index in [4.69, 9.17) is 23.2 Å². The van der Waals surface area contributed by atoms with Crippen LogP contribution < -0.4 is 0 Å². The van der Waals surface area contributed by atoms with Crippen LogP contribution in [0, 0.1) is 0 Å². The second-order valence-electron chi connectivity index (χ2n) is 3.93. The zero-order valence-electron chi connectivity index (χ0n) is 8.83. The van der Waals surface area contributed by atoms with Crippen LogP contribution in [0.3, 0.4) is 0 Å². The second kappa shape index (κ2) is 5.07. The fourth-order valence-corrected chi connectivity index (χ4v) is 1.99. The summed E-state index contributed by atoms with van der Waals surface area (Å²) in [6, 6.07) is 7.38. The molecule has 1 aliphatic carbocycles. The third kappa shape index (κ3) is 2.69. The normalized spacial score (nSPS) is 14.9. The van der Waals surface area contributed by atoms with E-state index >= 15 is 0 Å². The fraction of sp³-hybridized carbons (Fsp3) is 0.417. The van der Waals surface area contributed by atoms with Gasteiger partial charge in [-0.25, -0.2) is 0 Å². The van der Waals surface area contributed by atoms with E-state index in [2.05, 4.69) is 0 Å². The number of halogens is 2. The number of amides is 1. The van der Waals surface area contributed by atoms with Gasteiger partial charge in [0.05, 0.1) is 0 Å². The number of carbonyl (C=O) groups is 1. The summed E-state index contributed by atoms with van der Waals surface area (Å²) >= 11 is 11.5. The minimum Gasteiger partial charge on any atom is -0.334 e. The molecule has 0 heterocycles. The van der Waals surface area contributed by atoms with E-state index in [-0.39, 0.29) is 5.91 Å². The molecule has 1 saturated carbocycles. The number of benzene rings is 1. The maximum absolute atomic E-state index is 12.2. The molecule has 1 amide bonds. The Morgan fingerprint density at radius 3 is 2.44 bits per heavy atom. The van der Waals surface area contributed by atoms with Gasteiger partial charge in [-0.15, -0.1) is 11.6 Å². The second-order valence-corrected chi connectivity index (χ2v) is 4.74. The van der Waals surface area contributed by atoms with Crippen LogP contribution in [0.15, 0.2) is 24.3 Å². The maximum Gasteiger partial charge on any atom is 0.254 e. The number of rotatable bonds is 4. The van der Waals surface area contributed by atoms with E-state index in [1.54, 1.807) is 24.3 Å². The molecule has 0 spiro atoms. The van der Waals surface area contributed by atoms with Crippen LogP contribution in [-0.2, 0) is 0 Å². The van der Waals surface area contributed by atoms with Gasteiger partial charge in [-0.3, -0.25) is 4.79 Å². The third-order valence-corrected chi connectivity index (χ3v) is 3.09. The molecule has 1 aliphatic rings. The van der Waals surface area contributed by atoms with Crippen molar-refractivity contribution >= 4 is 29.1 Å². The van der Waals surface area contributed by atoms with Crippen LogP contribution >= 0.6 is 23.2 Å². The van der Waals surface area contributed by atoms with Crippen molar-refractivity contribution in [2.45, 2.75) is 18.9 Å². The van der Waals surface area contributed by atoms with Crippen molar-refractivity contribution in [3.63, 3.8) is 0 Å². The van der Waals surface area contributed by atoms with Crippen LogP contribution in [-0.4, -0.2) is 29.3 Å². The van der Waals surface area contributed by atoms with Gasteiger partial charge in [0.25, 0.3) is 5.91 Å². The first-order chi connectivity index (χ1) is 7.72. The van der Waals surface area contributed by atoms with E-state index in [0.717, 1.165) is 12.8 Å². The summed E-state index contributed by atoms with van der Waals surface area (Å²) in [5.74, 6) is 0.537. The molecule has 0 atom stereocenters. The van der Waals surface area contributed by atoms with Crippen molar-refractivity contribution in [3.8, 4) is 0 Å². The lowest BCUT2D eigenvalue weighted by Gasteiger charge is -2.21. The van der Waals surface area contributed by atoms with Gasteiger partial charge in [-0.05, 0) is 37.1 Å². The Morgan fingerprint density at radius 2 is 1.94 bits per heavy atom. The topological polar surface area (TPSA) is 20.3 Å². The van der Waals surface area contributed by atoms with Crippen molar-refractivity contribution in [1.82, 2.24) is 4.90 Å². The molecule has 86 valence electrons. The first kappa shape index (κ1) is 11.7. The van der Waals surface area contributed by atoms with Crippen molar-refractivity contribution in [2.75, 3.05) is 12.4 Å². The molecule has 2 rings (SSSR count). The number of carbonyl (C=O) groups excluding carboxylic acids is 1. The average Bonchev–Trinajstić information content (AvgIpc) is 3.10. The van der Waals surface area contributed by atoms with Gasteiger partial charge < -0.3 is 4.90 Å². The molecule has 0 saturated heterocycles. The van der Waals surface area contributed by atoms with Gasteiger partial charge in [-0.2, -0.15) is 0 Å². The van der Waals surface area contributed by atoms with Gasteiger partial charge in [0.15, 0.2) is 0 Å². The van der Waals surface area contributed by atoms with E-state index in [9.17, 15) is 4.79 Å². The standard InChI is InChI=1S/C12H13Cl2NO/c13-7-8-15(11-5-6-11)12(16)9-1-3-10(14)4-2-9/h1-4,11H,5-8H2. The monoisotopic (exact) mass is 257 g/mol. The molecule has 1 aromatic rings. The molecule has 16 heavy (non-hydrogen) atoms. The van der Waals surface area contributed by atoms with Gasteiger partial charge in [0, 0.05) is 29.1 Å². The molecular weight excluding hydrogens is 245 g/mol. The first-order valence-corrected chi connectivity index (χ1v) is 6.26. The summed E-state index contributed by atoms with van der Waals surface area (Å²) in [6.45, 7) is 0.619. The van der Waals surface area contributed by atoms with Gasteiger partial charge in [0.1, 0.15) is 0 Å². The number of hydrogen-bond donors (Lipinski definition) is 0. The van der Waals surface area contributed by atoms with Crippen LogP contribution in [0.1, 0.15) is 23.2 Å². The first-order valence-electron chi connectivity index (χ1n) is 5.35. The number of alkyl halides is 1. The lowest BCUT2D eigenvalue weighted by Crippen LogP contribution is -2.34. The van der Waals surface area contributed by atoms with E-state index in [0.29, 0.717) is 29.1 Å². The molecule has 4 heteroatoms. The summed E-state index contributed by atoms with van der Waals surface area (Å²) in [6.07, 6.45) is 2.19. The summed E-state index contributed by atoms with van der Waals surface area (Å²) in [4.78, 5) is 14.0. The predicted octanol–water partition coefficient (Wildman–Crippen LogP) is 3.18. The summed E-state index contributed by atoms with van der Waals surface area (Å²) in [5, 5.41) is 0.645. The highest BCUT2D eigenvalue weighted by atomic mass is 35.5. The highest BCUT2D eigenvalue weighted by Crippen LogP contribution is 2.28. The van der Waals surface area contributed by atoms with E-state index < -0.39 is 0 Å². The Hall–Kier alpha value is -0.730. The van der Waals surface area contributed by atoms with Crippen molar-refractivity contribution in [1.29, 1.82) is 0 Å². The van der Waals surface area contributed by atoms with Crippen LogP contribution in [0.4, 0.5) is 0 Å². The average molecular weight is 258 g/mol. The highest BCUT2D eigenvalue weighted by Gasteiger charge is 2.32. The van der Waals surface area contributed by atoms with Crippen molar-refractivity contribution in [3.05, 3.63) is 34.9 Å². The molecule has 0 radical (unpaired) electrons. The van der Waals surface area contributed by atoms with Gasteiger partial charge in [0.2, 0.25) is 0 Å². The molecule has 2 nitrogen and oxygen atoms in total. The Bertz CT molecular complexity index is 373. The third-order valence-electron chi connectivity index (χ3n) is 2.67. The Kier molecular flexibility index (Phi) is 3.72. The largest absolute Gasteiger partial charge is 0.334 e. The Balaban J connectivity index is 2.12. The lowest BCUT2D eigenvalue weighted by atomic mass is 10.2. The van der Waals surface area contributed by atoms with Gasteiger partial charge in [-0.1, -0.05) is 11.6 Å². The van der Waals surface area contributed by atoms with E-state index in [1.807, 2.05) is 4.90 Å². The van der Waals surface area contributed by atoms with Gasteiger partial charge >= 0.3 is 0 Å². The van der Waals surface area contributed by atoms with Crippen LogP contribution in [0.5, 0.6) is 0 Å². The lowest BCUT2D eigenvalue weighted by molar-refractivity contribution is 0.0753. The molecule has 0 unspecified atom stereocenters. The highest BCUT2D eigenvalue weighted by molar-refractivity contribution is 6.30. The number of nitrogens with zero attached hydrogens (tertiary/aromatic N) is 1. The maximum atomic E-state index is 12.2. The zero-order valence-corrected chi connectivity index (χ0v) is 10.3. The smallest absolute Gasteiger partial charge is 0.254 e. The van der Waals surface area contributed by atoms with Crippen molar-refractivity contribution < 1.29 is 4.79 Å². The molecular formula is C12H13Cl2NO. The number of hydrogen-bond acceptors (Lipinski definition) is 1. The van der Waals surface area contributed by atoms with Crippen LogP contribution in [0.25, 0.3) is 0 Å². The Morgan fingerprint density at radius 1 is 1.31 bits per heavy atom. The molecule has 0 N–H and O–H groups in total. The minimum atomic E-state index is 0.0554. The fourth-order valence-electron chi connectivity index (χ4n) is 1.69. The molecule has 1 aromatic carbocycles. The summed E-state index contributed by atoms with van der Waals surface area (Å²) in [7, 11) is 0. The minimum absolute atomic E-state index is 0.0554.